The molecule has 0 radical (unpaired) electrons. The van der Waals surface area contributed by atoms with Crippen molar-refractivity contribution in [3.8, 4) is 0 Å². The fourth-order valence-corrected chi connectivity index (χ4v) is 1.05. The number of hydrogen-bond donors (Lipinski definition) is 0. The number of esters is 1. The minimum Gasteiger partial charge on any atom is -0.468 e. The summed E-state index contributed by atoms with van der Waals surface area (Å²) in [4.78, 5) is 11.3. The van der Waals surface area contributed by atoms with Crippen molar-refractivity contribution < 1.29 is 9.53 Å². The topological polar surface area (TPSA) is 26.3 Å². The van der Waals surface area contributed by atoms with E-state index in [1.165, 1.54) is 7.11 Å². The molecule has 64 valence electrons. The largest absolute Gasteiger partial charge is 0.468 e. The zero-order valence-corrected chi connectivity index (χ0v) is 7.28. The molecule has 1 aliphatic carbocycles. The zero-order chi connectivity index (χ0) is 9.03. The van der Waals surface area contributed by atoms with Gasteiger partial charge < -0.3 is 4.74 Å². The molecule has 0 spiro atoms. The maximum atomic E-state index is 11.3. The molecule has 0 N–H and O–H groups in total. The highest BCUT2D eigenvalue weighted by Gasteiger charge is 2.28. The second-order valence-electron chi connectivity index (χ2n) is 2.88. The van der Waals surface area contributed by atoms with Crippen molar-refractivity contribution in [2.75, 3.05) is 7.11 Å². The van der Waals surface area contributed by atoms with Gasteiger partial charge in [-0.15, -0.1) is 0 Å². The van der Waals surface area contributed by atoms with Gasteiger partial charge in [-0.2, -0.15) is 0 Å². The molecule has 2 heteroatoms. The van der Waals surface area contributed by atoms with E-state index < -0.39 is 5.41 Å². The Kier molecular flexibility index (Phi) is 2.48. The quantitative estimate of drug-likeness (QED) is 0.553. The Morgan fingerprint density at radius 3 is 2.08 bits per heavy atom. The number of hydrogen-bond acceptors (Lipinski definition) is 2. The van der Waals surface area contributed by atoms with Crippen LogP contribution in [0.2, 0.25) is 0 Å². The fourth-order valence-electron chi connectivity index (χ4n) is 1.05. The van der Waals surface area contributed by atoms with Crippen molar-refractivity contribution in [2.45, 2.75) is 6.92 Å². The van der Waals surface area contributed by atoms with Crippen LogP contribution in [0.3, 0.4) is 0 Å². The predicted octanol–water partition coefficient (Wildman–Crippen LogP) is 1.85. The van der Waals surface area contributed by atoms with E-state index in [1.54, 1.807) is 0 Å². The molecule has 0 aromatic heterocycles. The van der Waals surface area contributed by atoms with Crippen molar-refractivity contribution in [3.63, 3.8) is 0 Å². The Balaban J connectivity index is 2.91. The van der Waals surface area contributed by atoms with Crippen LogP contribution in [-0.2, 0) is 9.53 Å². The first kappa shape index (κ1) is 8.78. The molecule has 0 atom stereocenters. The van der Waals surface area contributed by atoms with Crippen LogP contribution in [-0.4, -0.2) is 13.1 Å². The smallest absolute Gasteiger partial charge is 0.319 e. The van der Waals surface area contributed by atoms with E-state index in [9.17, 15) is 4.79 Å². The summed E-state index contributed by atoms with van der Waals surface area (Å²) in [5.74, 6) is -0.237. The molecule has 0 unspecified atom stereocenters. The molecule has 0 fully saturated rings. The lowest BCUT2D eigenvalue weighted by Crippen LogP contribution is -2.24. The lowest BCUT2D eigenvalue weighted by Gasteiger charge is -2.17. The van der Waals surface area contributed by atoms with Crippen LogP contribution in [0.15, 0.2) is 36.5 Å². The Bertz CT molecular complexity index is 243. The van der Waals surface area contributed by atoms with Gasteiger partial charge in [-0.1, -0.05) is 36.5 Å². The molecule has 0 aromatic rings. The molecule has 2 nitrogen and oxygen atoms in total. The van der Waals surface area contributed by atoms with Crippen LogP contribution in [0.5, 0.6) is 0 Å². The third-order valence-corrected chi connectivity index (χ3v) is 1.84. The first-order chi connectivity index (χ1) is 5.69. The Morgan fingerprint density at radius 1 is 1.17 bits per heavy atom. The first-order valence-electron chi connectivity index (χ1n) is 3.81. The number of rotatable bonds is 1. The predicted molar refractivity (Wildman–Crippen MR) is 47.5 cm³/mol. The Morgan fingerprint density at radius 2 is 1.67 bits per heavy atom. The van der Waals surface area contributed by atoms with E-state index in [0.29, 0.717) is 0 Å². The molecular weight excluding hydrogens is 152 g/mol. The van der Waals surface area contributed by atoms with E-state index in [1.807, 2.05) is 43.4 Å². The van der Waals surface area contributed by atoms with E-state index in [2.05, 4.69) is 4.74 Å². The summed E-state index contributed by atoms with van der Waals surface area (Å²) in [5.41, 5.74) is -0.613. The monoisotopic (exact) mass is 164 g/mol. The number of methoxy groups -OCH3 is 1. The van der Waals surface area contributed by atoms with Crippen LogP contribution < -0.4 is 0 Å². The summed E-state index contributed by atoms with van der Waals surface area (Å²) < 4.78 is 4.68. The highest BCUT2D eigenvalue weighted by molar-refractivity contribution is 5.81. The second kappa shape index (κ2) is 3.39. The van der Waals surface area contributed by atoms with Crippen molar-refractivity contribution >= 4 is 5.97 Å². The molecule has 12 heavy (non-hydrogen) atoms. The molecule has 0 bridgehead atoms. The van der Waals surface area contributed by atoms with Crippen molar-refractivity contribution in [3.05, 3.63) is 36.5 Å². The van der Waals surface area contributed by atoms with Crippen LogP contribution in [0.25, 0.3) is 0 Å². The van der Waals surface area contributed by atoms with Crippen LogP contribution >= 0.6 is 0 Å². The molecule has 0 saturated heterocycles. The summed E-state index contributed by atoms with van der Waals surface area (Å²) in [5, 5.41) is 0. The average molecular weight is 164 g/mol. The van der Waals surface area contributed by atoms with E-state index in [0.717, 1.165) is 0 Å². The summed E-state index contributed by atoms with van der Waals surface area (Å²) in [6, 6.07) is 0. The summed E-state index contributed by atoms with van der Waals surface area (Å²) in [6.45, 7) is 1.82. The van der Waals surface area contributed by atoms with Gasteiger partial charge >= 0.3 is 5.97 Å². The third kappa shape index (κ3) is 1.64. The fraction of sp³-hybridized carbons (Fsp3) is 0.300. The van der Waals surface area contributed by atoms with Gasteiger partial charge in [0, 0.05) is 0 Å². The number of ether oxygens (including phenoxy) is 1. The first-order valence-corrected chi connectivity index (χ1v) is 3.81. The molecule has 0 aromatic carbocycles. The van der Waals surface area contributed by atoms with E-state index >= 15 is 0 Å². The lowest BCUT2D eigenvalue weighted by molar-refractivity contribution is -0.146. The van der Waals surface area contributed by atoms with Gasteiger partial charge in [-0.25, -0.2) is 0 Å². The molecule has 1 rings (SSSR count). The average Bonchev–Trinajstić information content (AvgIpc) is 2.29. The van der Waals surface area contributed by atoms with Crippen LogP contribution in [0.4, 0.5) is 0 Å². The van der Waals surface area contributed by atoms with Gasteiger partial charge in [-0.05, 0) is 6.92 Å². The molecule has 0 saturated carbocycles. The Labute approximate surface area is 72.2 Å². The van der Waals surface area contributed by atoms with Crippen molar-refractivity contribution in [1.29, 1.82) is 0 Å². The SMILES string of the molecule is COC(=O)C1(C)C=CC=CC=C1. The van der Waals surface area contributed by atoms with Gasteiger partial charge in [0.05, 0.1) is 7.11 Å². The molecule has 1 aliphatic rings. The highest BCUT2D eigenvalue weighted by Crippen LogP contribution is 2.23. The van der Waals surface area contributed by atoms with Gasteiger partial charge in [0.15, 0.2) is 0 Å². The molecule has 0 aliphatic heterocycles. The van der Waals surface area contributed by atoms with Gasteiger partial charge in [-0.3, -0.25) is 4.79 Å². The van der Waals surface area contributed by atoms with Gasteiger partial charge in [0.1, 0.15) is 5.41 Å². The summed E-state index contributed by atoms with van der Waals surface area (Å²) >= 11 is 0. The highest BCUT2D eigenvalue weighted by atomic mass is 16.5. The second-order valence-corrected chi connectivity index (χ2v) is 2.88. The van der Waals surface area contributed by atoms with Crippen molar-refractivity contribution in [1.82, 2.24) is 0 Å². The van der Waals surface area contributed by atoms with Crippen LogP contribution in [0.1, 0.15) is 6.92 Å². The number of allylic oxidation sites excluding steroid dienone is 4. The third-order valence-electron chi connectivity index (χ3n) is 1.84. The number of carbonyl (C=O) groups is 1. The maximum Gasteiger partial charge on any atom is 0.319 e. The van der Waals surface area contributed by atoms with Gasteiger partial charge in [0.2, 0.25) is 0 Å². The van der Waals surface area contributed by atoms with Gasteiger partial charge in [0.25, 0.3) is 0 Å². The summed E-state index contributed by atoms with van der Waals surface area (Å²) in [6.07, 6.45) is 11.1. The minimum absolute atomic E-state index is 0.237. The maximum absolute atomic E-state index is 11.3. The Hall–Kier alpha value is -1.31. The van der Waals surface area contributed by atoms with Crippen LogP contribution in [0, 0.1) is 5.41 Å². The van der Waals surface area contributed by atoms with E-state index in [-0.39, 0.29) is 5.97 Å². The lowest BCUT2D eigenvalue weighted by atomic mass is 9.90. The van der Waals surface area contributed by atoms with E-state index in [4.69, 9.17) is 0 Å². The zero-order valence-electron chi connectivity index (χ0n) is 7.28. The minimum atomic E-state index is -0.613. The molecule has 0 amide bonds. The summed E-state index contributed by atoms with van der Waals surface area (Å²) in [7, 11) is 1.40. The number of carbonyl (C=O) groups excluding carboxylic acids is 1. The normalized spacial score (nSPS) is 18.8. The molecule has 0 heterocycles. The van der Waals surface area contributed by atoms with Crippen molar-refractivity contribution in [2.24, 2.45) is 5.41 Å². The standard InChI is InChI=1S/C10H12O2/c1-10(9(11)12-2)7-5-3-4-6-8-10/h3-8H,1-2H3. The molecular formula is C10H12O2.